The van der Waals surface area contributed by atoms with Gasteiger partial charge in [0.25, 0.3) is 5.91 Å². The van der Waals surface area contributed by atoms with E-state index in [1.54, 1.807) is 29.3 Å². The third-order valence-electron chi connectivity index (χ3n) is 6.84. The third kappa shape index (κ3) is 6.50. The standard InChI is InChI=1S/C29H39N3O5/c1-6-31(7-2)27(34)25-11-9-21(19-30-25)24-18-29(37-26-12-10-22(33)17-23(24)26)13-8-15-32(16-14-29)36-20-35-28(3,4)5/h9-12,17-19,33H,6-8,13-16,20H2,1-5H3. The highest BCUT2D eigenvalue weighted by molar-refractivity contribution is 5.93. The van der Waals surface area contributed by atoms with Gasteiger partial charge in [-0.1, -0.05) is 6.07 Å². The molecular weight excluding hydrogens is 470 g/mol. The van der Waals surface area contributed by atoms with Crippen LogP contribution in [-0.4, -0.2) is 70.1 Å². The lowest BCUT2D eigenvalue weighted by molar-refractivity contribution is -0.246. The lowest BCUT2D eigenvalue weighted by Crippen LogP contribution is -2.38. The maximum atomic E-state index is 12.7. The molecule has 0 saturated carbocycles. The highest BCUT2D eigenvalue weighted by atomic mass is 16.8. The van der Waals surface area contributed by atoms with Crippen molar-refractivity contribution in [1.29, 1.82) is 0 Å². The van der Waals surface area contributed by atoms with Crippen LogP contribution in [0.1, 0.15) is 75.5 Å². The number of hydroxylamine groups is 2. The predicted octanol–water partition coefficient (Wildman–Crippen LogP) is 5.02. The molecule has 1 N–H and O–H groups in total. The van der Waals surface area contributed by atoms with E-state index < -0.39 is 5.60 Å². The van der Waals surface area contributed by atoms with Gasteiger partial charge in [0.05, 0.1) is 5.60 Å². The number of fused-ring (bicyclic) bond motifs is 1. The van der Waals surface area contributed by atoms with E-state index in [1.807, 2.05) is 51.8 Å². The summed E-state index contributed by atoms with van der Waals surface area (Å²) in [4.78, 5) is 24.9. The van der Waals surface area contributed by atoms with Gasteiger partial charge in [0.15, 0.2) is 6.79 Å². The zero-order valence-corrected chi connectivity index (χ0v) is 22.6. The molecule has 1 unspecified atom stereocenters. The Morgan fingerprint density at radius 1 is 1.16 bits per heavy atom. The molecule has 3 heterocycles. The zero-order chi connectivity index (χ0) is 26.6. The number of hydrogen-bond donors (Lipinski definition) is 1. The van der Waals surface area contributed by atoms with Crippen molar-refractivity contribution in [2.45, 2.75) is 65.1 Å². The van der Waals surface area contributed by atoms with Crippen LogP contribution in [0.25, 0.3) is 5.57 Å². The molecular formula is C29H39N3O5. The summed E-state index contributed by atoms with van der Waals surface area (Å²) in [5, 5.41) is 12.2. The molecule has 1 amide bonds. The minimum atomic E-state index is -0.516. The fourth-order valence-corrected chi connectivity index (χ4v) is 4.76. The Kier molecular flexibility index (Phi) is 8.21. The number of phenolic OH excluding ortho intramolecular Hbond substituents is 1. The Balaban J connectivity index is 1.60. The Labute approximate surface area is 219 Å². The van der Waals surface area contributed by atoms with E-state index in [0.29, 0.717) is 25.3 Å². The fraction of sp³-hybridized carbons (Fsp3) is 0.517. The van der Waals surface area contributed by atoms with Crippen molar-refractivity contribution >= 4 is 11.5 Å². The molecule has 2 aromatic rings. The van der Waals surface area contributed by atoms with Gasteiger partial charge in [0.2, 0.25) is 0 Å². The van der Waals surface area contributed by atoms with Crippen LogP contribution >= 0.6 is 0 Å². The Hall–Kier alpha value is -2.94. The number of phenols is 1. The number of rotatable bonds is 7. The van der Waals surface area contributed by atoms with Gasteiger partial charge in [-0.15, -0.1) is 0 Å². The number of pyridine rings is 1. The molecule has 1 atom stereocenters. The van der Waals surface area contributed by atoms with Crippen LogP contribution in [0.4, 0.5) is 0 Å². The molecule has 8 nitrogen and oxygen atoms in total. The molecule has 1 fully saturated rings. The number of nitrogens with zero attached hydrogens (tertiary/aromatic N) is 3. The van der Waals surface area contributed by atoms with Crippen LogP contribution in [0.2, 0.25) is 0 Å². The summed E-state index contributed by atoms with van der Waals surface area (Å²) in [6.07, 6.45) is 6.35. The molecule has 1 aromatic carbocycles. The van der Waals surface area contributed by atoms with Gasteiger partial charge < -0.3 is 19.5 Å². The third-order valence-corrected chi connectivity index (χ3v) is 6.84. The van der Waals surface area contributed by atoms with E-state index in [1.165, 1.54) is 0 Å². The Morgan fingerprint density at radius 2 is 1.95 bits per heavy atom. The number of aromatic hydroxyl groups is 1. The first-order valence-corrected chi connectivity index (χ1v) is 13.2. The van der Waals surface area contributed by atoms with Crippen molar-refractivity contribution in [3.63, 3.8) is 0 Å². The van der Waals surface area contributed by atoms with Gasteiger partial charge in [-0.2, -0.15) is 5.06 Å². The van der Waals surface area contributed by atoms with Crippen molar-refractivity contribution in [3.8, 4) is 11.5 Å². The topological polar surface area (TPSA) is 84.4 Å². The fourth-order valence-electron chi connectivity index (χ4n) is 4.76. The first-order chi connectivity index (χ1) is 17.6. The van der Waals surface area contributed by atoms with Crippen molar-refractivity contribution in [1.82, 2.24) is 14.9 Å². The summed E-state index contributed by atoms with van der Waals surface area (Å²) >= 11 is 0. The van der Waals surface area contributed by atoms with Crippen LogP contribution in [0, 0.1) is 0 Å². The molecule has 0 bridgehead atoms. The van der Waals surface area contributed by atoms with E-state index >= 15 is 0 Å². The first kappa shape index (κ1) is 27.1. The van der Waals surface area contributed by atoms with E-state index in [2.05, 4.69) is 11.1 Å². The first-order valence-electron chi connectivity index (χ1n) is 13.2. The number of amides is 1. The van der Waals surface area contributed by atoms with Crippen LogP contribution in [-0.2, 0) is 9.57 Å². The molecule has 1 saturated heterocycles. The van der Waals surface area contributed by atoms with Crippen molar-refractivity contribution in [2.75, 3.05) is 33.0 Å². The number of carbonyl (C=O) groups excluding carboxylic acids is 1. The van der Waals surface area contributed by atoms with Crippen LogP contribution in [0.3, 0.4) is 0 Å². The number of carbonyl (C=O) groups is 1. The maximum Gasteiger partial charge on any atom is 0.272 e. The van der Waals surface area contributed by atoms with E-state index in [4.69, 9.17) is 14.3 Å². The van der Waals surface area contributed by atoms with Gasteiger partial charge in [0, 0.05) is 49.9 Å². The predicted molar refractivity (Wildman–Crippen MR) is 142 cm³/mol. The molecule has 0 aliphatic carbocycles. The quantitative estimate of drug-likeness (QED) is 0.525. The molecule has 1 spiro atoms. The monoisotopic (exact) mass is 509 g/mol. The molecule has 2 aliphatic rings. The van der Waals surface area contributed by atoms with E-state index in [-0.39, 0.29) is 24.1 Å². The van der Waals surface area contributed by atoms with Gasteiger partial charge >= 0.3 is 0 Å². The average Bonchev–Trinajstić information content (AvgIpc) is 3.06. The minimum absolute atomic E-state index is 0.0775. The summed E-state index contributed by atoms with van der Waals surface area (Å²) in [7, 11) is 0. The van der Waals surface area contributed by atoms with Crippen molar-refractivity contribution in [2.24, 2.45) is 0 Å². The van der Waals surface area contributed by atoms with E-state index in [0.717, 1.165) is 48.3 Å². The summed E-state index contributed by atoms with van der Waals surface area (Å²) < 4.78 is 12.3. The number of hydrogen-bond acceptors (Lipinski definition) is 7. The molecule has 1 aromatic heterocycles. The molecule has 37 heavy (non-hydrogen) atoms. The van der Waals surface area contributed by atoms with Crippen LogP contribution in [0.5, 0.6) is 11.5 Å². The van der Waals surface area contributed by atoms with E-state index in [9.17, 15) is 9.90 Å². The lowest BCUT2D eigenvalue weighted by Gasteiger charge is -2.36. The summed E-state index contributed by atoms with van der Waals surface area (Å²) in [6.45, 7) is 12.9. The number of aromatic nitrogens is 1. The Morgan fingerprint density at radius 3 is 2.62 bits per heavy atom. The molecule has 0 radical (unpaired) electrons. The molecule has 4 rings (SSSR count). The van der Waals surface area contributed by atoms with Crippen LogP contribution in [0.15, 0.2) is 42.6 Å². The van der Waals surface area contributed by atoms with Gasteiger partial charge in [0.1, 0.15) is 22.8 Å². The smallest absolute Gasteiger partial charge is 0.272 e. The Bertz CT molecular complexity index is 1120. The second-order valence-electron chi connectivity index (χ2n) is 10.6. The SMILES string of the molecule is CCN(CC)C(=O)c1ccc(C2=CC3(CCCN(OCOC(C)(C)C)CC3)Oc3ccc(O)cc32)cn1. The van der Waals surface area contributed by atoms with Gasteiger partial charge in [-0.25, -0.2) is 0 Å². The van der Waals surface area contributed by atoms with Gasteiger partial charge in [-0.05, 0) is 83.4 Å². The molecule has 8 heteroatoms. The van der Waals surface area contributed by atoms with Crippen molar-refractivity contribution < 1.29 is 24.2 Å². The second kappa shape index (κ2) is 11.2. The van der Waals surface area contributed by atoms with Crippen LogP contribution < -0.4 is 4.74 Å². The maximum absolute atomic E-state index is 12.7. The molecule has 2 aliphatic heterocycles. The molecule has 200 valence electrons. The minimum Gasteiger partial charge on any atom is -0.508 e. The average molecular weight is 510 g/mol. The normalized spacial score (nSPS) is 20.1. The highest BCUT2D eigenvalue weighted by Crippen LogP contribution is 2.44. The second-order valence-corrected chi connectivity index (χ2v) is 10.6. The zero-order valence-electron chi connectivity index (χ0n) is 22.6. The summed E-state index contributed by atoms with van der Waals surface area (Å²) in [6, 6.07) is 8.90. The van der Waals surface area contributed by atoms with Crippen molar-refractivity contribution in [3.05, 3.63) is 59.4 Å². The number of ether oxygens (including phenoxy) is 2. The van der Waals surface area contributed by atoms with Gasteiger partial charge in [-0.3, -0.25) is 14.6 Å². The lowest BCUT2D eigenvalue weighted by atomic mass is 9.84. The summed E-state index contributed by atoms with van der Waals surface area (Å²) in [5.74, 6) is 0.820. The summed E-state index contributed by atoms with van der Waals surface area (Å²) in [5.41, 5.74) is 2.28. The number of benzene rings is 1. The highest BCUT2D eigenvalue weighted by Gasteiger charge is 2.38. The largest absolute Gasteiger partial charge is 0.508 e.